The van der Waals surface area contributed by atoms with Crippen LogP contribution in [0.15, 0.2) is 24.3 Å². The summed E-state index contributed by atoms with van der Waals surface area (Å²) < 4.78 is 6.39. The molecule has 1 unspecified atom stereocenters. The molecule has 0 aliphatic rings. The highest BCUT2D eigenvalue weighted by Crippen LogP contribution is 2.07. The van der Waals surface area contributed by atoms with E-state index in [2.05, 4.69) is 27.9 Å². The first-order valence-corrected chi connectivity index (χ1v) is 6.36. The molecule has 0 saturated carbocycles. The summed E-state index contributed by atoms with van der Waals surface area (Å²) in [7, 11) is 0. The molecule has 4 heteroatoms. The van der Waals surface area contributed by atoms with Crippen LogP contribution in [-0.2, 0) is 4.74 Å². The summed E-state index contributed by atoms with van der Waals surface area (Å²) in [6, 6.07) is 7.51. The molecule has 0 aliphatic carbocycles. The van der Waals surface area contributed by atoms with Gasteiger partial charge in [-0.2, -0.15) is 0 Å². The largest absolute Gasteiger partial charge is 0.377 e. The van der Waals surface area contributed by atoms with E-state index < -0.39 is 0 Å². The summed E-state index contributed by atoms with van der Waals surface area (Å²) in [5, 5.41) is 2.84. The Bertz CT molecular complexity index is 355. The number of carbonyl (C=O) groups is 1. The highest BCUT2D eigenvalue weighted by molar-refractivity contribution is 14.1. The van der Waals surface area contributed by atoms with E-state index >= 15 is 0 Å². The summed E-state index contributed by atoms with van der Waals surface area (Å²) in [6.45, 7) is 5.09. The Labute approximate surface area is 110 Å². The van der Waals surface area contributed by atoms with Crippen molar-refractivity contribution >= 4 is 28.5 Å². The molecular weight excluding hydrogens is 317 g/mol. The van der Waals surface area contributed by atoms with Gasteiger partial charge in [-0.1, -0.05) is 6.07 Å². The second-order valence-corrected chi connectivity index (χ2v) is 4.73. The van der Waals surface area contributed by atoms with Crippen molar-refractivity contribution in [3.8, 4) is 0 Å². The third kappa shape index (κ3) is 4.49. The summed E-state index contributed by atoms with van der Waals surface area (Å²) in [5.41, 5.74) is 0.690. The second kappa shape index (κ2) is 6.85. The first-order chi connectivity index (χ1) is 7.63. The number of rotatable bonds is 5. The Hall–Kier alpha value is -0.620. The number of hydrogen-bond donors (Lipinski definition) is 1. The monoisotopic (exact) mass is 333 g/mol. The van der Waals surface area contributed by atoms with Gasteiger partial charge in [0.1, 0.15) is 0 Å². The molecule has 88 valence electrons. The maximum atomic E-state index is 11.7. The fourth-order valence-electron chi connectivity index (χ4n) is 1.31. The van der Waals surface area contributed by atoms with E-state index in [0.29, 0.717) is 18.7 Å². The quantitative estimate of drug-likeness (QED) is 0.841. The minimum absolute atomic E-state index is 0.0509. The molecule has 0 radical (unpaired) electrons. The Morgan fingerprint density at radius 1 is 1.56 bits per heavy atom. The topological polar surface area (TPSA) is 38.3 Å². The predicted molar refractivity (Wildman–Crippen MR) is 72.6 cm³/mol. The minimum atomic E-state index is -0.0509. The highest BCUT2D eigenvalue weighted by Gasteiger charge is 2.07. The molecule has 1 atom stereocenters. The average Bonchev–Trinajstić information content (AvgIpc) is 2.26. The molecular formula is C12H16INO2. The Balaban J connectivity index is 2.47. The average molecular weight is 333 g/mol. The van der Waals surface area contributed by atoms with Crippen molar-refractivity contribution in [3.63, 3.8) is 0 Å². The van der Waals surface area contributed by atoms with E-state index in [1.54, 1.807) is 0 Å². The number of amides is 1. The molecule has 1 aromatic carbocycles. The molecule has 0 aromatic heterocycles. The van der Waals surface area contributed by atoms with Gasteiger partial charge < -0.3 is 10.1 Å². The Morgan fingerprint density at radius 3 is 2.94 bits per heavy atom. The Kier molecular flexibility index (Phi) is 5.76. The minimum Gasteiger partial charge on any atom is -0.377 e. The van der Waals surface area contributed by atoms with Gasteiger partial charge in [0.15, 0.2) is 0 Å². The smallest absolute Gasteiger partial charge is 0.251 e. The zero-order valence-electron chi connectivity index (χ0n) is 9.50. The summed E-state index contributed by atoms with van der Waals surface area (Å²) in [6.07, 6.45) is 0.0525. The van der Waals surface area contributed by atoms with E-state index in [9.17, 15) is 4.79 Å². The first-order valence-electron chi connectivity index (χ1n) is 5.29. The lowest BCUT2D eigenvalue weighted by molar-refractivity contribution is 0.0695. The molecule has 0 spiro atoms. The Morgan fingerprint density at radius 2 is 2.31 bits per heavy atom. The second-order valence-electron chi connectivity index (χ2n) is 3.49. The fraction of sp³-hybridized carbons (Fsp3) is 0.417. The third-order valence-corrected chi connectivity index (χ3v) is 2.76. The van der Waals surface area contributed by atoms with Crippen molar-refractivity contribution in [1.82, 2.24) is 5.32 Å². The predicted octanol–water partition coefficient (Wildman–Crippen LogP) is 2.45. The van der Waals surface area contributed by atoms with Crippen molar-refractivity contribution in [2.24, 2.45) is 0 Å². The van der Waals surface area contributed by atoms with Gasteiger partial charge in [0, 0.05) is 22.3 Å². The van der Waals surface area contributed by atoms with Gasteiger partial charge in [-0.25, -0.2) is 0 Å². The van der Waals surface area contributed by atoms with Crippen LogP contribution in [-0.4, -0.2) is 25.2 Å². The van der Waals surface area contributed by atoms with Crippen LogP contribution < -0.4 is 5.32 Å². The molecule has 1 aromatic rings. The van der Waals surface area contributed by atoms with Gasteiger partial charge >= 0.3 is 0 Å². The maximum Gasteiger partial charge on any atom is 0.251 e. The molecule has 16 heavy (non-hydrogen) atoms. The number of hydrogen-bond acceptors (Lipinski definition) is 2. The van der Waals surface area contributed by atoms with Gasteiger partial charge in [-0.3, -0.25) is 4.79 Å². The van der Waals surface area contributed by atoms with Crippen LogP contribution in [0.5, 0.6) is 0 Å². The zero-order valence-corrected chi connectivity index (χ0v) is 11.7. The van der Waals surface area contributed by atoms with Gasteiger partial charge in [0.05, 0.1) is 6.10 Å². The number of benzene rings is 1. The maximum absolute atomic E-state index is 11.7. The van der Waals surface area contributed by atoms with Gasteiger partial charge in [-0.15, -0.1) is 0 Å². The number of halogens is 1. The molecule has 3 nitrogen and oxygen atoms in total. The molecule has 0 saturated heterocycles. The SMILES string of the molecule is CCOC(C)CNC(=O)c1cccc(I)c1. The van der Waals surface area contributed by atoms with E-state index in [1.807, 2.05) is 38.1 Å². The lowest BCUT2D eigenvalue weighted by atomic mass is 10.2. The normalized spacial score (nSPS) is 12.2. The number of carbonyl (C=O) groups excluding carboxylic acids is 1. The van der Waals surface area contributed by atoms with E-state index in [1.165, 1.54) is 0 Å². The zero-order chi connectivity index (χ0) is 12.0. The van der Waals surface area contributed by atoms with Crippen LogP contribution in [0, 0.1) is 3.57 Å². The van der Waals surface area contributed by atoms with Crippen LogP contribution in [0.2, 0.25) is 0 Å². The summed E-state index contributed by atoms with van der Waals surface area (Å²) in [5.74, 6) is -0.0509. The van der Waals surface area contributed by atoms with Gasteiger partial charge in [-0.05, 0) is 54.6 Å². The summed E-state index contributed by atoms with van der Waals surface area (Å²) in [4.78, 5) is 11.7. The van der Waals surface area contributed by atoms with Crippen molar-refractivity contribution in [3.05, 3.63) is 33.4 Å². The van der Waals surface area contributed by atoms with Crippen molar-refractivity contribution in [1.29, 1.82) is 0 Å². The summed E-state index contributed by atoms with van der Waals surface area (Å²) >= 11 is 2.19. The lowest BCUT2D eigenvalue weighted by Gasteiger charge is -2.12. The van der Waals surface area contributed by atoms with Crippen LogP contribution in [0.25, 0.3) is 0 Å². The van der Waals surface area contributed by atoms with Gasteiger partial charge in [0.2, 0.25) is 0 Å². The van der Waals surface area contributed by atoms with Crippen LogP contribution in [0.3, 0.4) is 0 Å². The van der Waals surface area contributed by atoms with Crippen LogP contribution >= 0.6 is 22.6 Å². The van der Waals surface area contributed by atoms with E-state index in [0.717, 1.165) is 3.57 Å². The van der Waals surface area contributed by atoms with Crippen molar-refractivity contribution in [2.75, 3.05) is 13.2 Å². The first kappa shape index (κ1) is 13.4. The molecule has 0 heterocycles. The van der Waals surface area contributed by atoms with E-state index in [4.69, 9.17) is 4.74 Å². The number of nitrogens with one attached hydrogen (secondary N) is 1. The molecule has 1 rings (SSSR count). The standard InChI is InChI=1S/C12H16INO2/c1-3-16-9(2)8-14-12(15)10-5-4-6-11(13)7-10/h4-7,9H,3,8H2,1-2H3,(H,14,15). The molecule has 0 fully saturated rings. The molecule has 0 bridgehead atoms. The fourth-order valence-corrected chi connectivity index (χ4v) is 1.85. The number of ether oxygens (including phenoxy) is 1. The molecule has 0 aliphatic heterocycles. The van der Waals surface area contributed by atoms with Crippen LogP contribution in [0.4, 0.5) is 0 Å². The van der Waals surface area contributed by atoms with Gasteiger partial charge in [0.25, 0.3) is 5.91 Å². The van der Waals surface area contributed by atoms with Crippen LogP contribution in [0.1, 0.15) is 24.2 Å². The molecule has 1 amide bonds. The van der Waals surface area contributed by atoms with Crippen molar-refractivity contribution < 1.29 is 9.53 Å². The van der Waals surface area contributed by atoms with Crippen molar-refractivity contribution in [2.45, 2.75) is 20.0 Å². The lowest BCUT2D eigenvalue weighted by Crippen LogP contribution is -2.32. The van der Waals surface area contributed by atoms with E-state index in [-0.39, 0.29) is 12.0 Å². The molecule has 1 N–H and O–H groups in total. The third-order valence-electron chi connectivity index (χ3n) is 2.09. The highest BCUT2D eigenvalue weighted by atomic mass is 127.